The summed E-state index contributed by atoms with van der Waals surface area (Å²) in [6.07, 6.45) is 9.28. The minimum Gasteiger partial charge on any atom is -0.481 e. The van der Waals surface area contributed by atoms with Gasteiger partial charge in [-0.15, -0.1) is 11.5 Å². The molecule has 0 amide bonds. The minimum absolute atomic E-state index is 0.293. The third-order valence-corrected chi connectivity index (χ3v) is 4.17. The van der Waals surface area contributed by atoms with Gasteiger partial charge in [0.1, 0.15) is 12.4 Å². The fourth-order valence-corrected chi connectivity index (χ4v) is 2.98. The third kappa shape index (κ3) is 4.24. The molecule has 2 heterocycles. The minimum atomic E-state index is 0.293. The van der Waals surface area contributed by atoms with Crippen LogP contribution in [0.15, 0.2) is 42.6 Å². The fourth-order valence-electron chi connectivity index (χ4n) is 2.98. The van der Waals surface area contributed by atoms with E-state index in [1.54, 1.807) is 6.20 Å². The molecular weight excluding hydrogens is 300 g/mol. The number of anilines is 1. The molecule has 2 aromatic rings. The molecule has 1 N–H and O–H groups in total. The van der Waals surface area contributed by atoms with Crippen molar-refractivity contribution < 1.29 is 4.74 Å². The summed E-state index contributed by atoms with van der Waals surface area (Å²) in [5, 5.41) is 11.8. The maximum absolute atomic E-state index is 5.61. The molecule has 1 fully saturated rings. The average molecular weight is 322 g/mol. The summed E-state index contributed by atoms with van der Waals surface area (Å²) >= 11 is 0. The predicted octanol–water partition coefficient (Wildman–Crippen LogP) is 2.25. The molecule has 0 spiro atoms. The maximum Gasteiger partial charge on any atom is 0.151 e. The number of nitrogens with one attached hydrogen (secondary N) is 1. The number of ether oxygens (including phenoxy) is 1. The van der Waals surface area contributed by atoms with E-state index in [0.29, 0.717) is 12.6 Å². The van der Waals surface area contributed by atoms with Crippen LogP contribution in [0.4, 0.5) is 5.82 Å². The number of piperidine rings is 1. The van der Waals surface area contributed by atoms with Crippen LogP contribution >= 0.6 is 0 Å². The van der Waals surface area contributed by atoms with Gasteiger partial charge in [-0.1, -0.05) is 24.1 Å². The van der Waals surface area contributed by atoms with Gasteiger partial charge < -0.3 is 15.0 Å². The Kier molecular flexibility index (Phi) is 5.65. The average Bonchev–Trinajstić information content (AvgIpc) is 2.66. The predicted molar refractivity (Wildman–Crippen MR) is 94.9 cm³/mol. The van der Waals surface area contributed by atoms with Crippen LogP contribution in [0.1, 0.15) is 18.4 Å². The number of terminal acetylenes is 1. The fraction of sp³-hybridized carbons (Fsp3) is 0.368. The van der Waals surface area contributed by atoms with E-state index < -0.39 is 0 Å². The van der Waals surface area contributed by atoms with E-state index in [1.807, 2.05) is 30.3 Å². The Hall–Kier alpha value is -2.58. The van der Waals surface area contributed by atoms with Crippen LogP contribution in [0, 0.1) is 12.3 Å². The first-order valence-corrected chi connectivity index (χ1v) is 8.27. The molecule has 0 bridgehead atoms. The van der Waals surface area contributed by atoms with E-state index >= 15 is 0 Å². The van der Waals surface area contributed by atoms with Crippen LogP contribution in [0.2, 0.25) is 0 Å². The summed E-state index contributed by atoms with van der Waals surface area (Å²) in [7, 11) is 0. The largest absolute Gasteiger partial charge is 0.481 e. The van der Waals surface area contributed by atoms with E-state index in [4.69, 9.17) is 11.2 Å². The summed E-state index contributed by atoms with van der Waals surface area (Å²) in [5.74, 6) is 4.31. The zero-order chi connectivity index (χ0) is 16.6. The van der Waals surface area contributed by atoms with Gasteiger partial charge >= 0.3 is 0 Å². The number of rotatable bonds is 6. The molecule has 24 heavy (non-hydrogen) atoms. The molecule has 3 rings (SSSR count). The standard InChI is InChI=1S/C19H22N4O/c1-2-13-24-18-9-4-3-7-16(18)14-20-17-8-6-12-23(15-17)19-10-5-11-21-22-19/h1,3-5,7,9-11,17,20H,6,8,12-15H2. The Morgan fingerprint density at radius 1 is 1.29 bits per heavy atom. The first-order chi connectivity index (χ1) is 11.9. The lowest BCUT2D eigenvalue weighted by Gasteiger charge is -2.33. The molecule has 1 aromatic heterocycles. The Morgan fingerprint density at radius 3 is 3.04 bits per heavy atom. The topological polar surface area (TPSA) is 50.3 Å². The first kappa shape index (κ1) is 16.3. The number of para-hydroxylation sites is 1. The van der Waals surface area contributed by atoms with Crippen molar-refractivity contribution >= 4 is 5.82 Å². The smallest absolute Gasteiger partial charge is 0.151 e. The Bertz CT molecular complexity index is 683. The van der Waals surface area contributed by atoms with Gasteiger partial charge in [-0.25, -0.2) is 0 Å². The molecule has 1 aliphatic heterocycles. The van der Waals surface area contributed by atoms with Crippen molar-refractivity contribution in [3.63, 3.8) is 0 Å². The quantitative estimate of drug-likeness (QED) is 0.827. The van der Waals surface area contributed by atoms with Crippen molar-refractivity contribution in [1.82, 2.24) is 15.5 Å². The maximum atomic E-state index is 5.61. The number of hydrogen-bond acceptors (Lipinski definition) is 5. The van der Waals surface area contributed by atoms with Crippen LogP contribution < -0.4 is 15.0 Å². The van der Waals surface area contributed by atoms with Crippen molar-refractivity contribution in [3.05, 3.63) is 48.2 Å². The van der Waals surface area contributed by atoms with E-state index in [1.165, 1.54) is 0 Å². The van der Waals surface area contributed by atoms with Gasteiger partial charge in [-0.2, -0.15) is 5.10 Å². The van der Waals surface area contributed by atoms with Crippen LogP contribution in [0.5, 0.6) is 5.75 Å². The SMILES string of the molecule is C#CCOc1ccccc1CNC1CCCN(c2cccnn2)C1. The van der Waals surface area contributed by atoms with Gasteiger partial charge in [0, 0.05) is 37.4 Å². The molecule has 1 atom stereocenters. The van der Waals surface area contributed by atoms with Crippen molar-refractivity contribution in [1.29, 1.82) is 0 Å². The van der Waals surface area contributed by atoms with Gasteiger partial charge in [-0.3, -0.25) is 0 Å². The lowest BCUT2D eigenvalue weighted by molar-refractivity contribution is 0.360. The van der Waals surface area contributed by atoms with Gasteiger partial charge in [0.15, 0.2) is 5.82 Å². The summed E-state index contributed by atoms with van der Waals surface area (Å²) in [4.78, 5) is 2.29. The first-order valence-electron chi connectivity index (χ1n) is 8.27. The second-order valence-corrected chi connectivity index (χ2v) is 5.85. The van der Waals surface area contributed by atoms with Gasteiger partial charge in [0.2, 0.25) is 0 Å². The molecule has 0 aliphatic carbocycles. The summed E-state index contributed by atoms with van der Waals surface area (Å²) < 4.78 is 5.61. The molecule has 1 aliphatic rings. The second kappa shape index (κ2) is 8.32. The Morgan fingerprint density at radius 2 is 2.21 bits per heavy atom. The highest BCUT2D eigenvalue weighted by atomic mass is 16.5. The molecule has 1 unspecified atom stereocenters. The van der Waals surface area contributed by atoms with Gasteiger partial charge in [0.25, 0.3) is 0 Å². The van der Waals surface area contributed by atoms with Gasteiger partial charge in [-0.05, 0) is 31.0 Å². The van der Waals surface area contributed by atoms with E-state index in [-0.39, 0.29) is 0 Å². The lowest BCUT2D eigenvalue weighted by Crippen LogP contribution is -2.45. The van der Waals surface area contributed by atoms with E-state index in [0.717, 1.165) is 49.6 Å². The van der Waals surface area contributed by atoms with E-state index in [2.05, 4.69) is 32.4 Å². The molecule has 0 saturated carbocycles. The highest BCUT2D eigenvalue weighted by Gasteiger charge is 2.20. The highest BCUT2D eigenvalue weighted by molar-refractivity contribution is 5.37. The second-order valence-electron chi connectivity index (χ2n) is 5.85. The Balaban J connectivity index is 1.58. The van der Waals surface area contributed by atoms with Crippen molar-refractivity contribution in [2.45, 2.75) is 25.4 Å². The number of hydrogen-bond donors (Lipinski definition) is 1. The molecule has 1 saturated heterocycles. The molecule has 1 aromatic carbocycles. The highest BCUT2D eigenvalue weighted by Crippen LogP contribution is 2.20. The van der Waals surface area contributed by atoms with Crippen LogP contribution in [0.3, 0.4) is 0 Å². The Labute approximate surface area is 143 Å². The van der Waals surface area contributed by atoms with Crippen molar-refractivity contribution in [2.75, 3.05) is 24.6 Å². The molecule has 5 heteroatoms. The zero-order valence-corrected chi connectivity index (χ0v) is 13.7. The monoisotopic (exact) mass is 322 g/mol. The van der Waals surface area contributed by atoms with Gasteiger partial charge in [0.05, 0.1) is 0 Å². The van der Waals surface area contributed by atoms with Crippen molar-refractivity contribution in [3.8, 4) is 18.1 Å². The normalized spacial score (nSPS) is 17.3. The van der Waals surface area contributed by atoms with Crippen LogP contribution in [-0.2, 0) is 6.54 Å². The number of aromatic nitrogens is 2. The molecule has 5 nitrogen and oxygen atoms in total. The summed E-state index contributed by atoms with van der Waals surface area (Å²) in [6, 6.07) is 12.4. The molecular formula is C19H22N4O. The zero-order valence-electron chi connectivity index (χ0n) is 13.7. The molecule has 124 valence electrons. The van der Waals surface area contributed by atoms with E-state index in [9.17, 15) is 0 Å². The van der Waals surface area contributed by atoms with Crippen LogP contribution in [-0.4, -0.2) is 35.9 Å². The van der Waals surface area contributed by atoms with Crippen molar-refractivity contribution in [2.24, 2.45) is 0 Å². The number of nitrogens with zero attached hydrogens (tertiary/aromatic N) is 3. The summed E-state index contributed by atoms with van der Waals surface area (Å²) in [5.41, 5.74) is 1.13. The molecule has 0 radical (unpaired) electrons. The number of benzene rings is 1. The summed E-state index contributed by atoms with van der Waals surface area (Å²) in [6.45, 7) is 3.02. The third-order valence-electron chi connectivity index (χ3n) is 4.17. The van der Waals surface area contributed by atoms with Crippen LogP contribution in [0.25, 0.3) is 0 Å². The lowest BCUT2D eigenvalue weighted by atomic mass is 10.0.